The molecule has 1 heterocycles. The molecule has 2 unspecified atom stereocenters. The van der Waals surface area contributed by atoms with Gasteiger partial charge in [-0.1, -0.05) is 20.8 Å². The molecule has 1 fully saturated rings. The average molecular weight is 383 g/mol. The molecule has 6 nitrogen and oxygen atoms in total. The zero-order valence-corrected chi connectivity index (χ0v) is 18.9. The highest BCUT2D eigenvalue weighted by Crippen LogP contribution is 2.06. The highest BCUT2D eigenvalue weighted by Gasteiger charge is 2.20. The maximum atomic E-state index is 4.87. The molecule has 0 saturated carbocycles. The van der Waals surface area contributed by atoms with Crippen molar-refractivity contribution in [2.45, 2.75) is 66.5 Å². The Morgan fingerprint density at radius 1 is 1.04 bits per heavy atom. The van der Waals surface area contributed by atoms with Crippen LogP contribution in [-0.2, 0) is 0 Å². The van der Waals surface area contributed by atoms with Gasteiger partial charge in [0.2, 0.25) is 0 Å². The number of piperazine rings is 1. The van der Waals surface area contributed by atoms with Gasteiger partial charge < -0.3 is 20.4 Å². The minimum Gasteiger partial charge on any atom is -0.357 e. The topological polar surface area (TPSA) is 46.1 Å². The lowest BCUT2D eigenvalue weighted by molar-refractivity contribution is 0.109. The Kier molecular flexibility index (Phi) is 12.7. The van der Waals surface area contributed by atoms with E-state index in [1.54, 1.807) is 0 Å². The zero-order chi connectivity index (χ0) is 20.1. The van der Waals surface area contributed by atoms with E-state index >= 15 is 0 Å². The van der Waals surface area contributed by atoms with Gasteiger partial charge in [-0.25, -0.2) is 0 Å². The molecule has 1 rings (SSSR count). The summed E-state index contributed by atoms with van der Waals surface area (Å²) in [4.78, 5) is 12.5. The van der Waals surface area contributed by atoms with Gasteiger partial charge in [-0.2, -0.15) is 0 Å². The molecule has 0 amide bonds. The molecule has 0 aromatic carbocycles. The van der Waals surface area contributed by atoms with Crippen LogP contribution in [0.4, 0.5) is 0 Å². The van der Waals surface area contributed by atoms with Crippen LogP contribution in [0.1, 0.15) is 54.4 Å². The summed E-state index contributed by atoms with van der Waals surface area (Å²) in [6.07, 6.45) is 2.41. The summed E-state index contributed by atoms with van der Waals surface area (Å²) < 4.78 is 0. The van der Waals surface area contributed by atoms with Crippen molar-refractivity contribution in [2.24, 2.45) is 4.99 Å². The molecule has 2 atom stereocenters. The molecule has 0 aromatic rings. The third-order valence-electron chi connectivity index (χ3n) is 5.72. The number of guanidine groups is 1. The first kappa shape index (κ1) is 24.2. The summed E-state index contributed by atoms with van der Waals surface area (Å²) >= 11 is 0. The van der Waals surface area contributed by atoms with E-state index in [2.05, 4.69) is 66.9 Å². The SMILES string of the molecule is CCNC(=NCC(C)N1CCN(CC)CC1)NC(C)CCCN(CC)CC. The molecule has 27 heavy (non-hydrogen) atoms. The maximum Gasteiger partial charge on any atom is 0.191 e. The van der Waals surface area contributed by atoms with Crippen molar-refractivity contribution in [3.8, 4) is 0 Å². The van der Waals surface area contributed by atoms with Crippen LogP contribution in [0, 0.1) is 0 Å². The monoisotopic (exact) mass is 382 g/mol. The highest BCUT2D eigenvalue weighted by molar-refractivity contribution is 5.80. The molecule has 0 spiro atoms. The van der Waals surface area contributed by atoms with E-state index in [-0.39, 0.29) is 0 Å². The summed E-state index contributed by atoms with van der Waals surface area (Å²) in [5.41, 5.74) is 0. The summed E-state index contributed by atoms with van der Waals surface area (Å²) in [6.45, 7) is 24.5. The minimum absolute atomic E-state index is 0.446. The molecule has 160 valence electrons. The van der Waals surface area contributed by atoms with Gasteiger partial charge in [0.05, 0.1) is 6.54 Å². The van der Waals surface area contributed by atoms with Crippen LogP contribution in [-0.4, -0.2) is 98.2 Å². The van der Waals surface area contributed by atoms with Crippen LogP contribution in [0.25, 0.3) is 0 Å². The van der Waals surface area contributed by atoms with E-state index in [9.17, 15) is 0 Å². The lowest BCUT2D eigenvalue weighted by Crippen LogP contribution is -2.50. The number of aliphatic imine (C=N–C) groups is 1. The quantitative estimate of drug-likeness (QED) is 0.400. The van der Waals surface area contributed by atoms with Crippen LogP contribution >= 0.6 is 0 Å². The third kappa shape index (κ3) is 9.77. The van der Waals surface area contributed by atoms with Crippen molar-refractivity contribution in [2.75, 3.05) is 65.4 Å². The molecular weight excluding hydrogens is 336 g/mol. The zero-order valence-electron chi connectivity index (χ0n) is 18.9. The molecular formula is C21H46N6. The fraction of sp³-hybridized carbons (Fsp3) is 0.952. The Hall–Kier alpha value is -0.850. The number of nitrogens with zero attached hydrogens (tertiary/aromatic N) is 4. The summed E-state index contributed by atoms with van der Waals surface area (Å²) in [5, 5.41) is 7.01. The van der Waals surface area contributed by atoms with E-state index in [0.29, 0.717) is 12.1 Å². The number of hydrogen-bond donors (Lipinski definition) is 2. The van der Waals surface area contributed by atoms with Crippen LogP contribution in [0.15, 0.2) is 4.99 Å². The van der Waals surface area contributed by atoms with Crippen molar-refractivity contribution in [3.63, 3.8) is 0 Å². The van der Waals surface area contributed by atoms with Crippen molar-refractivity contribution in [1.29, 1.82) is 0 Å². The Morgan fingerprint density at radius 2 is 1.70 bits per heavy atom. The van der Waals surface area contributed by atoms with Gasteiger partial charge in [-0.05, 0) is 59.8 Å². The first-order valence-corrected chi connectivity index (χ1v) is 11.3. The van der Waals surface area contributed by atoms with Crippen LogP contribution < -0.4 is 10.6 Å². The molecule has 0 aliphatic carbocycles. The Balaban J connectivity index is 2.39. The van der Waals surface area contributed by atoms with Crippen molar-refractivity contribution in [3.05, 3.63) is 0 Å². The van der Waals surface area contributed by atoms with E-state index < -0.39 is 0 Å². The van der Waals surface area contributed by atoms with Gasteiger partial charge >= 0.3 is 0 Å². The molecule has 6 heteroatoms. The number of rotatable bonds is 12. The van der Waals surface area contributed by atoms with E-state index in [1.807, 2.05) is 0 Å². The Labute approximate surface area is 168 Å². The third-order valence-corrected chi connectivity index (χ3v) is 5.72. The van der Waals surface area contributed by atoms with Gasteiger partial charge in [-0.15, -0.1) is 0 Å². The molecule has 0 bridgehead atoms. The summed E-state index contributed by atoms with van der Waals surface area (Å²) in [6, 6.07) is 0.944. The van der Waals surface area contributed by atoms with Gasteiger partial charge in [0.25, 0.3) is 0 Å². The lowest BCUT2D eigenvalue weighted by Gasteiger charge is -2.37. The van der Waals surface area contributed by atoms with E-state index in [0.717, 1.165) is 45.2 Å². The van der Waals surface area contributed by atoms with Crippen molar-refractivity contribution in [1.82, 2.24) is 25.3 Å². The average Bonchev–Trinajstić information content (AvgIpc) is 2.69. The second kappa shape index (κ2) is 14.2. The normalized spacial score (nSPS) is 19.3. The molecule has 0 radical (unpaired) electrons. The number of nitrogens with one attached hydrogen (secondary N) is 2. The molecule has 1 aliphatic rings. The maximum absolute atomic E-state index is 4.87. The van der Waals surface area contributed by atoms with Gasteiger partial charge in [-0.3, -0.25) is 9.89 Å². The number of likely N-dealkylation sites (N-methyl/N-ethyl adjacent to an activating group) is 1. The molecule has 1 aliphatic heterocycles. The Bertz CT molecular complexity index is 388. The number of hydrogen-bond acceptors (Lipinski definition) is 4. The fourth-order valence-electron chi connectivity index (χ4n) is 3.65. The van der Waals surface area contributed by atoms with Crippen LogP contribution in [0.5, 0.6) is 0 Å². The fourth-order valence-corrected chi connectivity index (χ4v) is 3.65. The first-order chi connectivity index (χ1) is 13.0. The van der Waals surface area contributed by atoms with Gasteiger partial charge in [0.15, 0.2) is 5.96 Å². The van der Waals surface area contributed by atoms with Crippen LogP contribution in [0.2, 0.25) is 0 Å². The first-order valence-electron chi connectivity index (χ1n) is 11.3. The highest BCUT2D eigenvalue weighted by atomic mass is 15.3. The van der Waals surface area contributed by atoms with Crippen molar-refractivity contribution < 1.29 is 0 Å². The predicted molar refractivity (Wildman–Crippen MR) is 119 cm³/mol. The van der Waals surface area contributed by atoms with Gasteiger partial charge in [0, 0.05) is 44.8 Å². The smallest absolute Gasteiger partial charge is 0.191 e. The molecule has 0 aromatic heterocycles. The second-order valence-corrected chi connectivity index (χ2v) is 7.75. The van der Waals surface area contributed by atoms with Gasteiger partial charge in [0.1, 0.15) is 0 Å². The largest absolute Gasteiger partial charge is 0.357 e. The Morgan fingerprint density at radius 3 is 2.26 bits per heavy atom. The predicted octanol–water partition coefficient (Wildman–Crippen LogP) is 2.08. The minimum atomic E-state index is 0.446. The summed E-state index contributed by atoms with van der Waals surface area (Å²) in [7, 11) is 0. The second-order valence-electron chi connectivity index (χ2n) is 7.75. The molecule has 2 N–H and O–H groups in total. The standard InChI is InChI=1S/C21H46N6/c1-7-22-21(24-19(5)12-11-13-25(8-2)9-3)23-18-20(6)27-16-14-26(10-4)15-17-27/h19-20H,7-18H2,1-6H3,(H2,22,23,24). The van der Waals surface area contributed by atoms with Crippen molar-refractivity contribution >= 4 is 5.96 Å². The van der Waals surface area contributed by atoms with E-state index in [1.165, 1.54) is 39.0 Å². The summed E-state index contributed by atoms with van der Waals surface area (Å²) in [5.74, 6) is 0.965. The lowest BCUT2D eigenvalue weighted by atomic mass is 10.2. The van der Waals surface area contributed by atoms with E-state index in [4.69, 9.17) is 4.99 Å². The van der Waals surface area contributed by atoms with Crippen LogP contribution in [0.3, 0.4) is 0 Å². The molecule has 1 saturated heterocycles.